The molecule has 1 aromatic heterocycles. The predicted molar refractivity (Wildman–Crippen MR) is 107 cm³/mol. The van der Waals surface area contributed by atoms with E-state index in [0.29, 0.717) is 13.1 Å². The highest BCUT2D eigenvalue weighted by Crippen LogP contribution is 2.33. The minimum Gasteiger partial charge on any atom is -0.476 e. The summed E-state index contributed by atoms with van der Waals surface area (Å²) in [6, 6.07) is 2.99. The molecule has 1 saturated heterocycles. The molecule has 0 atom stereocenters. The van der Waals surface area contributed by atoms with Crippen LogP contribution in [0.5, 0.6) is 0 Å². The van der Waals surface area contributed by atoms with Crippen molar-refractivity contribution in [3.8, 4) is 0 Å². The van der Waals surface area contributed by atoms with Crippen LogP contribution in [-0.2, 0) is 12.7 Å². The zero-order valence-corrected chi connectivity index (χ0v) is 17.2. The molecule has 2 heterocycles. The van der Waals surface area contributed by atoms with Crippen LogP contribution in [0, 0.1) is 5.41 Å². The van der Waals surface area contributed by atoms with Gasteiger partial charge in [0.05, 0.1) is 16.8 Å². The van der Waals surface area contributed by atoms with E-state index < -0.39 is 29.4 Å². The first-order chi connectivity index (χ1) is 15.0. The van der Waals surface area contributed by atoms with Crippen LogP contribution < -0.4 is 11.3 Å². The second-order valence-electron chi connectivity index (χ2n) is 7.01. The van der Waals surface area contributed by atoms with Crippen molar-refractivity contribution in [2.75, 3.05) is 26.2 Å². The van der Waals surface area contributed by atoms with Crippen molar-refractivity contribution in [3.63, 3.8) is 0 Å². The number of hydrogen-bond donors (Lipinski definition) is 4. The number of hydrazine groups is 1. The number of carboxylic acids is 1. The van der Waals surface area contributed by atoms with Crippen molar-refractivity contribution < 1.29 is 27.9 Å². The number of hydrogen-bond acceptors (Lipinski definition) is 6. The molecule has 172 valence electrons. The van der Waals surface area contributed by atoms with Gasteiger partial charge in [0.15, 0.2) is 5.69 Å². The van der Waals surface area contributed by atoms with Crippen LogP contribution >= 0.6 is 11.6 Å². The third-order valence-electron chi connectivity index (χ3n) is 4.95. The zero-order valence-electron chi connectivity index (χ0n) is 16.5. The van der Waals surface area contributed by atoms with Crippen LogP contribution in [0.1, 0.15) is 27.2 Å². The van der Waals surface area contributed by atoms with Gasteiger partial charge in [-0.05, 0) is 11.6 Å². The molecule has 5 N–H and O–H groups in total. The van der Waals surface area contributed by atoms with Crippen molar-refractivity contribution >= 4 is 29.4 Å². The lowest BCUT2D eigenvalue weighted by atomic mass is 10.0. The van der Waals surface area contributed by atoms with E-state index in [1.165, 1.54) is 17.0 Å². The van der Waals surface area contributed by atoms with E-state index in [-0.39, 0.29) is 41.6 Å². The molecular weight excluding hydrogens is 455 g/mol. The second kappa shape index (κ2) is 9.14. The molecule has 0 radical (unpaired) electrons. The minimum absolute atomic E-state index is 0.00268. The fourth-order valence-corrected chi connectivity index (χ4v) is 3.51. The molecule has 1 fully saturated rings. The molecule has 2 aromatic rings. The third kappa shape index (κ3) is 5.00. The average Bonchev–Trinajstić information content (AvgIpc) is 3.14. The van der Waals surface area contributed by atoms with Gasteiger partial charge in [0, 0.05) is 38.3 Å². The Balaban J connectivity index is 1.68. The predicted octanol–water partition coefficient (Wildman–Crippen LogP) is 1.83. The average molecular weight is 474 g/mol. The Morgan fingerprint density at radius 3 is 2.44 bits per heavy atom. The number of aromatic carboxylic acids is 1. The van der Waals surface area contributed by atoms with E-state index in [1.807, 2.05) is 5.43 Å². The van der Waals surface area contributed by atoms with Gasteiger partial charge < -0.3 is 15.4 Å². The maximum atomic E-state index is 13.5. The second-order valence-corrected chi connectivity index (χ2v) is 7.42. The number of aromatic nitrogens is 2. The van der Waals surface area contributed by atoms with Crippen LogP contribution in [0.3, 0.4) is 0 Å². The van der Waals surface area contributed by atoms with E-state index in [2.05, 4.69) is 5.10 Å². The van der Waals surface area contributed by atoms with Gasteiger partial charge in [-0.15, -0.1) is 0 Å². The molecule has 0 saturated carbocycles. The topological polar surface area (TPSA) is 141 Å². The number of carboxylic acid groups (broad SMARTS) is 1. The molecule has 3 rings (SSSR count). The normalized spacial score (nSPS) is 15.0. The number of nitrogens with two attached hydrogens (primary N) is 1. The molecule has 10 nitrogen and oxygen atoms in total. The summed E-state index contributed by atoms with van der Waals surface area (Å²) in [7, 11) is 0. The van der Waals surface area contributed by atoms with Gasteiger partial charge in [-0.1, -0.05) is 23.7 Å². The maximum absolute atomic E-state index is 13.5. The van der Waals surface area contributed by atoms with Crippen molar-refractivity contribution in [3.05, 3.63) is 51.8 Å². The van der Waals surface area contributed by atoms with Gasteiger partial charge in [-0.3, -0.25) is 10.3 Å². The van der Waals surface area contributed by atoms with Crippen molar-refractivity contribution in [1.29, 1.82) is 5.41 Å². The van der Waals surface area contributed by atoms with E-state index >= 15 is 0 Å². The molecule has 0 aliphatic carbocycles. The van der Waals surface area contributed by atoms with Gasteiger partial charge >= 0.3 is 18.2 Å². The van der Waals surface area contributed by atoms with Crippen molar-refractivity contribution in [2.24, 2.45) is 5.84 Å². The smallest absolute Gasteiger partial charge is 0.416 e. The summed E-state index contributed by atoms with van der Waals surface area (Å²) in [6.45, 7) is 1.01. The first kappa shape index (κ1) is 23.5. The lowest BCUT2D eigenvalue weighted by molar-refractivity contribution is -0.138. The number of nitrogens with one attached hydrogen (secondary N) is 2. The Hall–Kier alpha value is -3.16. The SMILES string of the molecule is N=C(NN)c1ccc(CN2CCN(C(=O)n3cc(Cl)c(C(=O)O)n3)CC2)c(C(F)(F)F)c1. The number of halogens is 4. The summed E-state index contributed by atoms with van der Waals surface area (Å²) in [4.78, 5) is 26.7. The number of piperazine rings is 1. The van der Waals surface area contributed by atoms with Crippen molar-refractivity contribution in [2.45, 2.75) is 12.7 Å². The molecule has 0 spiro atoms. The molecule has 1 aromatic carbocycles. The van der Waals surface area contributed by atoms with Gasteiger partial charge in [-0.2, -0.15) is 23.0 Å². The highest BCUT2D eigenvalue weighted by atomic mass is 35.5. The van der Waals surface area contributed by atoms with Crippen LogP contribution in [0.25, 0.3) is 0 Å². The number of nitrogens with zero attached hydrogens (tertiary/aromatic N) is 4. The Bertz CT molecular complexity index is 1050. The summed E-state index contributed by atoms with van der Waals surface area (Å²) in [5, 5.41) is 20.1. The standard InChI is InChI=1S/C18H19ClF3N7O3/c19-13-9-29(26-14(13)16(30)31)17(32)28-5-3-27(4-6-28)8-11-2-1-10(15(23)25-24)7-12(11)18(20,21)22/h1-2,7,9H,3-6,8,24H2,(H2,23,25)(H,30,31). The monoisotopic (exact) mass is 473 g/mol. The molecule has 32 heavy (non-hydrogen) atoms. The maximum Gasteiger partial charge on any atom is 0.416 e. The number of amidine groups is 1. The highest BCUT2D eigenvalue weighted by molar-refractivity contribution is 6.33. The quantitative estimate of drug-likeness (QED) is 0.230. The van der Waals surface area contributed by atoms with Crippen LogP contribution in [-0.4, -0.2) is 68.7 Å². The number of rotatable bonds is 4. The number of alkyl halides is 3. The van der Waals surface area contributed by atoms with Crippen LogP contribution in [0.2, 0.25) is 5.02 Å². The summed E-state index contributed by atoms with van der Waals surface area (Å²) in [6.07, 6.45) is -3.51. The molecule has 0 unspecified atom stereocenters. The first-order valence-corrected chi connectivity index (χ1v) is 9.64. The van der Waals surface area contributed by atoms with Crippen LogP contribution in [0.15, 0.2) is 24.4 Å². The minimum atomic E-state index is -4.61. The molecule has 14 heteroatoms. The summed E-state index contributed by atoms with van der Waals surface area (Å²) in [5.74, 6) is 3.42. The number of carbonyl (C=O) groups is 2. The molecule has 0 bridgehead atoms. The highest BCUT2D eigenvalue weighted by Gasteiger charge is 2.34. The Kier molecular flexibility index (Phi) is 6.71. The zero-order chi connectivity index (χ0) is 23.6. The Morgan fingerprint density at radius 2 is 1.91 bits per heavy atom. The van der Waals surface area contributed by atoms with Crippen LogP contribution in [0.4, 0.5) is 18.0 Å². The van der Waals surface area contributed by atoms with Crippen molar-refractivity contribution in [1.82, 2.24) is 25.0 Å². The Labute approximate surface area is 184 Å². The Morgan fingerprint density at radius 1 is 1.25 bits per heavy atom. The summed E-state index contributed by atoms with van der Waals surface area (Å²) in [5.41, 5.74) is 0.765. The van der Waals surface area contributed by atoms with E-state index in [0.717, 1.165) is 16.9 Å². The lowest BCUT2D eigenvalue weighted by Gasteiger charge is -2.34. The largest absolute Gasteiger partial charge is 0.476 e. The lowest BCUT2D eigenvalue weighted by Crippen LogP contribution is -2.49. The number of benzene rings is 1. The van der Waals surface area contributed by atoms with E-state index in [1.54, 1.807) is 4.90 Å². The summed E-state index contributed by atoms with van der Waals surface area (Å²) >= 11 is 5.77. The molecule has 1 aliphatic heterocycles. The fourth-order valence-electron chi connectivity index (χ4n) is 3.30. The fraction of sp³-hybridized carbons (Fsp3) is 0.333. The summed E-state index contributed by atoms with van der Waals surface area (Å²) < 4.78 is 41.5. The van der Waals surface area contributed by atoms with Gasteiger partial charge in [0.2, 0.25) is 0 Å². The van der Waals surface area contributed by atoms with Gasteiger partial charge in [0.1, 0.15) is 5.84 Å². The third-order valence-corrected chi connectivity index (χ3v) is 5.23. The molecular formula is C18H19ClF3N7O3. The number of carbonyl (C=O) groups excluding carboxylic acids is 1. The van der Waals surface area contributed by atoms with E-state index in [9.17, 15) is 22.8 Å². The number of amides is 1. The van der Waals surface area contributed by atoms with Gasteiger partial charge in [0.25, 0.3) is 0 Å². The van der Waals surface area contributed by atoms with Gasteiger partial charge in [-0.25, -0.2) is 15.4 Å². The molecule has 1 aliphatic rings. The first-order valence-electron chi connectivity index (χ1n) is 9.27. The molecule has 1 amide bonds. The van der Waals surface area contributed by atoms with E-state index in [4.69, 9.17) is 28.0 Å².